The number of rotatable bonds is 4. The molecule has 0 saturated heterocycles. The summed E-state index contributed by atoms with van der Waals surface area (Å²) in [6.45, 7) is 4.81. The Morgan fingerprint density at radius 2 is 1.88 bits per heavy atom. The van der Waals surface area contributed by atoms with Gasteiger partial charge in [0.15, 0.2) is 0 Å². The second kappa shape index (κ2) is 6.13. The fourth-order valence-corrected chi connectivity index (χ4v) is 3.46. The van der Waals surface area contributed by atoms with Gasteiger partial charge < -0.3 is 15.3 Å². The van der Waals surface area contributed by atoms with E-state index < -0.39 is 0 Å². The zero-order valence-electron chi connectivity index (χ0n) is 14.4. The number of nitrogens with one attached hydrogen (secondary N) is 3. The van der Waals surface area contributed by atoms with Gasteiger partial charge in [-0.25, -0.2) is 0 Å². The number of hydrogen-bond acceptors (Lipinski definition) is 1. The number of amides is 1. The van der Waals surface area contributed by atoms with E-state index in [0.29, 0.717) is 12.2 Å². The van der Waals surface area contributed by atoms with E-state index >= 15 is 0 Å². The summed E-state index contributed by atoms with van der Waals surface area (Å²) in [7, 11) is 0. The largest absolute Gasteiger partial charge is 0.358 e. The molecule has 0 spiro atoms. The first-order valence-corrected chi connectivity index (χ1v) is 8.56. The Morgan fingerprint density at radius 1 is 1.04 bits per heavy atom. The lowest BCUT2D eigenvalue weighted by Gasteiger charge is -2.05. The molecule has 0 radical (unpaired) electrons. The maximum Gasteiger partial charge on any atom is 0.267 e. The molecule has 4 aromatic rings. The Hall–Kier alpha value is -3.01. The van der Waals surface area contributed by atoms with Crippen LogP contribution in [-0.2, 0) is 6.42 Å². The van der Waals surface area contributed by atoms with Crippen molar-refractivity contribution in [2.24, 2.45) is 0 Å². The summed E-state index contributed by atoms with van der Waals surface area (Å²) < 4.78 is 0. The number of aryl methyl sites for hydroxylation is 2. The van der Waals surface area contributed by atoms with Gasteiger partial charge in [-0.2, -0.15) is 0 Å². The fraction of sp³-hybridized carbons (Fsp3) is 0.190. The highest BCUT2D eigenvalue weighted by Crippen LogP contribution is 2.24. The molecule has 0 aliphatic heterocycles. The van der Waals surface area contributed by atoms with Crippen LogP contribution in [0.5, 0.6) is 0 Å². The highest BCUT2D eigenvalue weighted by atomic mass is 16.1. The average Bonchev–Trinajstić information content (AvgIpc) is 3.17. The summed E-state index contributed by atoms with van der Waals surface area (Å²) in [5.41, 5.74) is 6.47. The van der Waals surface area contributed by atoms with Crippen molar-refractivity contribution in [3.63, 3.8) is 0 Å². The lowest BCUT2D eigenvalue weighted by atomic mass is 10.1. The quantitative estimate of drug-likeness (QED) is 0.515. The van der Waals surface area contributed by atoms with Gasteiger partial charge in [0.25, 0.3) is 5.91 Å². The summed E-state index contributed by atoms with van der Waals surface area (Å²) in [5.74, 6) is -0.0649. The number of H-pyrrole nitrogens is 2. The van der Waals surface area contributed by atoms with Crippen molar-refractivity contribution in [1.82, 2.24) is 15.3 Å². The van der Waals surface area contributed by atoms with Crippen molar-refractivity contribution in [2.45, 2.75) is 20.3 Å². The molecule has 2 aromatic heterocycles. The standard InChI is InChI=1S/C21H21N3O/c1-13-6-5-8-17-16(14(2)23-20(13)17)10-11-22-21(25)19-12-15-7-3-4-9-18(15)24-19/h3-9,12,23-24H,10-11H2,1-2H3,(H,22,25). The Balaban J connectivity index is 1.48. The van der Waals surface area contributed by atoms with E-state index in [0.717, 1.165) is 17.3 Å². The molecule has 0 bridgehead atoms. The normalized spacial score (nSPS) is 11.3. The molecule has 4 nitrogen and oxygen atoms in total. The molecule has 126 valence electrons. The molecular weight excluding hydrogens is 310 g/mol. The van der Waals surface area contributed by atoms with Gasteiger partial charge in [0.05, 0.1) is 0 Å². The molecular formula is C21H21N3O. The molecule has 0 saturated carbocycles. The van der Waals surface area contributed by atoms with Gasteiger partial charge in [-0.1, -0.05) is 36.4 Å². The highest BCUT2D eigenvalue weighted by molar-refractivity contribution is 5.98. The van der Waals surface area contributed by atoms with Gasteiger partial charge >= 0.3 is 0 Å². The lowest BCUT2D eigenvalue weighted by Crippen LogP contribution is -2.26. The van der Waals surface area contributed by atoms with E-state index in [1.165, 1.54) is 27.7 Å². The smallest absolute Gasteiger partial charge is 0.267 e. The number of aromatic amines is 2. The Kier molecular flexibility index (Phi) is 3.80. The molecule has 0 aliphatic carbocycles. The Bertz CT molecular complexity index is 1040. The predicted molar refractivity (Wildman–Crippen MR) is 102 cm³/mol. The third-order valence-electron chi connectivity index (χ3n) is 4.80. The lowest BCUT2D eigenvalue weighted by molar-refractivity contribution is 0.0950. The van der Waals surface area contributed by atoms with Crippen LogP contribution in [0.2, 0.25) is 0 Å². The number of benzene rings is 2. The van der Waals surface area contributed by atoms with Gasteiger partial charge in [0, 0.05) is 34.0 Å². The first-order valence-electron chi connectivity index (χ1n) is 8.56. The van der Waals surface area contributed by atoms with Crippen LogP contribution in [0.15, 0.2) is 48.5 Å². The SMILES string of the molecule is Cc1[nH]c2c(C)cccc2c1CCNC(=O)c1cc2ccccc2[nH]1. The summed E-state index contributed by atoms with van der Waals surface area (Å²) in [4.78, 5) is 19.0. The molecule has 0 unspecified atom stereocenters. The molecule has 4 rings (SSSR count). The van der Waals surface area contributed by atoms with Gasteiger partial charge in [-0.3, -0.25) is 4.79 Å². The van der Waals surface area contributed by atoms with Crippen molar-refractivity contribution in [1.29, 1.82) is 0 Å². The molecule has 0 aliphatic rings. The van der Waals surface area contributed by atoms with E-state index in [1.54, 1.807) is 0 Å². The van der Waals surface area contributed by atoms with Gasteiger partial charge in [-0.05, 0) is 43.5 Å². The number of carbonyl (C=O) groups is 1. The van der Waals surface area contributed by atoms with Crippen LogP contribution in [0.3, 0.4) is 0 Å². The number of carbonyl (C=O) groups excluding carboxylic acids is 1. The van der Waals surface area contributed by atoms with Crippen molar-refractivity contribution < 1.29 is 4.79 Å². The number of para-hydroxylation sites is 2. The molecule has 25 heavy (non-hydrogen) atoms. The first-order chi connectivity index (χ1) is 12.1. The Morgan fingerprint density at radius 3 is 2.72 bits per heavy atom. The fourth-order valence-electron chi connectivity index (χ4n) is 3.46. The van der Waals surface area contributed by atoms with E-state index in [1.807, 2.05) is 30.3 Å². The maximum absolute atomic E-state index is 12.4. The molecule has 0 atom stereocenters. The summed E-state index contributed by atoms with van der Waals surface area (Å²) in [6.07, 6.45) is 0.807. The van der Waals surface area contributed by atoms with E-state index in [2.05, 4.69) is 47.3 Å². The highest BCUT2D eigenvalue weighted by Gasteiger charge is 2.12. The topological polar surface area (TPSA) is 60.7 Å². The predicted octanol–water partition coefficient (Wildman–Crippen LogP) is 4.24. The summed E-state index contributed by atoms with van der Waals surface area (Å²) >= 11 is 0. The summed E-state index contributed by atoms with van der Waals surface area (Å²) in [5, 5.41) is 5.32. The minimum atomic E-state index is -0.0649. The van der Waals surface area contributed by atoms with Crippen LogP contribution in [0.4, 0.5) is 0 Å². The van der Waals surface area contributed by atoms with Crippen molar-refractivity contribution in [3.05, 3.63) is 71.0 Å². The van der Waals surface area contributed by atoms with Crippen LogP contribution in [0, 0.1) is 13.8 Å². The third kappa shape index (κ3) is 2.80. The van der Waals surface area contributed by atoms with Crippen molar-refractivity contribution in [2.75, 3.05) is 6.54 Å². The second-order valence-electron chi connectivity index (χ2n) is 6.50. The monoisotopic (exact) mass is 331 g/mol. The van der Waals surface area contributed by atoms with E-state index in [4.69, 9.17) is 0 Å². The molecule has 0 fully saturated rings. The van der Waals surface area contributed by atoms with Crippen LogP contribution in [-0.4, -0.2) is 22.4 Å². The number of hydrogen-bond donors (Lipinski definition) is 3. The van der Waals surface area contributed by atoms with Crippen LogP contribution in [0.1, 0.15) is 27.3 Å². The van der Waals surface area contributed by atoms with Gasteiger partial charge in [-0.15, -0.1) is 0 Å². The van der Waals surface area contributed by atoms with Gasteiger partial charge in [0.2, 0.25) is 0 Å². The number of aromatic nitrogens is 2. The van der Waals surface area contributed by atoms with Crippen molar-refractivity contribution in [3.8, 4) is 0 Å². The molecule has 4 heteroatoms. The zero-order chi connectivity index (χ0) is 17.4. The average molecular weight is 331 g/mol. The maximum atomic E-state index is 12.4. The minimum Gasteiger partial charge on any atom is -0.358 e. The van der Waals surface area contributed by atoms with Gasteiger partial charge in [0.1, 0.15) is 5.69 Å². The van der Waals surface area contributed by atoms with Crippen LogP contribution < -0.4 is 5.32 Å². The van der Waals surface area contributed by atoms with Crippen molar-refractivity contribution >= 4 is 27.7 Å². The molecule has 3 N–H and O–H groups in total. The van der Waals surface area contributed by atoms with E-state index in [9.17, 15) is 4.79 Å². The zero-order valence-corrected chi connectivity index (χ0v) is 14.4. The number of fused-ring (bicyclic) bond motifs is 2. The minimum absolute atomic E-state index is 0.0649. The van der Waals surface area contributed by atoms with E-state index in [-0.39, 0.29) is 5.91 Å². The first kappa shape index (κ1) is 15.5. The molecule has 2 heterocycles. The molecule has 2 aromatic carbocycles. The van der Waals surface area contributed by atoms with Crippen LogP contribution >= 0.6 is 0 Å². The molecule has 1 amide bonds. The second-order valence-corrected chi connectivity index (χ2v) is 6.50. The summed E-state index contributed by atoms with van der Waals surface area (Å²) in [6, 6.07) is 16.1. The Labute approximate surface area is 146 Å². The van der Waals surface area contributed by atoms with Crippen LogP contribution in [0.25, 0.3) is 21.8 Å². The third-order valence-corrected chi connectivity index (χ3v) is 4.80.